The van der Waals surface area contributed by atoms with E-state index in [0.717, 1.165) is 21.8 Å². The summed E-state index contributed by atoms with van der Waals surface area (Å²) in [5, 5.41) is 11.1. The van der Waals surface area contributed by atoms with Crippen LogP contribution in [0.15, 0.2) is 47.1 Å². The van der Waals surface area contributed by atoms with Gasteiger partial charge in [-0.1, -0.05) is 0 Å². The van der Waals surface area contributed by atoms with Crippen LogP contribution in [0.2, 0.25) is 0 Å². The Morgan fingerprint density at radius 2 is 2.17 bits per heavy atom. The van der Waals surface area contributed by atoms with Crippen LogP contribution in [0.5, 0.6) is 0 Å². The zero-order valence-corrected chi connectivity index (χ0v) is 12.8. The predicted octanol–water partition coefficient (Wildman–Crippen LogP) is 3.26. The van der Waals surface area contributed by atoms with Crippen molar-refractivity contribution in [3.63, 3.8) is 0 Å². The lowest BCUT2D eigenvalue weighted by molar-refractivity contribution is -0.146. The monoisotopic (exact) mass is 326 g/mol. The molecule has 0 bridgehead atoms. The highest BCUT2D eigenvalue weighted by Gasteiger charge is 2.40. The molecule has 0 saturated carbocycles. The Kier molecular flexibility index (Phi) is 3.17. The fourth-order valence-corrected chi connectivity index (χ4v) is 3.20. The number of aromatic nitrogens is 1. The summed E-state index contributed by atoms with van der Waals surface area (Å²) in [7, 11) is 1.36. The van der Waals surface area contributed by atoms with E-state index < -0.39 is 12.0 Å². The van der Waals surface area contributed by atoms with Crippen molar-refractivity contribution in [1.82, 2.24) is 9.63 Å². The van der Waals surface area contributed by atoms with E-state index in [1.165, 1.54) is 11.7 Å². The molecule has 0 fully saturated rings. The van der Waals surface area contributed by atoms with Crippen LogP contribution in [-0.4, -0.2) is 33.8 Å². The van der Waals surface area contributed by atoms with Crippen LogP contribution in [-0.2, 0) is 9.63 Å². The molecule has 1 N–H and O–H groups in total. The van der Waals surface area contributed by atoms with Gasteiger partial charge in [-0.25, -0.2) is 4.79 Å². The number of hydrogen-bond acceptors (Lipinski definition) is 4. The summed E-state index contributed by atoms with van der Waals surface area (Å²) in [4.78, 5) is 28.8. The van der Waals surface area contributed by atoms with E-state index in [4.69, 9.17) is 14.4 Å². The largest absolute Gasteiger partial charge is 0.481 e. The lowest BCUT2D eigenvalue weighted by Gasteiger charge is -2.19. The van der Waals surface area contributed by atoms with Crippen molar-refractivity contribution in [3.8, 4) is 11.3 Å². The predicted molar refractivity (Wildman–Crippen MR) is 84.3 cm³/mol. The molecule has 0 saturated heterocycles. The second-order valence-electron chi connectivity index (χ2n) is 5.56. The lowest BCUT2D eigenvalue weighted by Crippen LogP contribution is -2.29. The Balaban J connectivity index is 1.86. The van der Waals surface area contributed by atoms with E-state index in [9.17, 15) is 9.59 Å². The molecule has 0 radical (unpaired) electrons. The summed E-state index contributed by atoms with van der Waals surface area (Å²) in [6, 6.07) is 10.1. The molecule has 122 valence electrons. The van der Waals surface area contributed by atoms with Crippen molar-refractivity contribution >= 4 is 22.9 Å². The SMILES string of the molecule is CON1C(=O)n2c(cc3cc(-c4ccco4)ccc32)C1CC(=O)O. The van der Waals surface area contributed by atoms with Crippen LogP contribution in [0.4, 0.5) is 4.79 Å². The van der Waals surface area contributed by atoms with Gasteiger partial charge in [-0.15, -0.1) is 0 Å². The Labute approximate surface area is 136 Å². The summed E-state index contributed by atoms with van der Waals surface area (Å²) in [5.41, 5.74) is 2.21. The number of hydrogen-bond donors (Lipinski definition) is 1. The zero-order valence-electron chi connectivity index (χ0n) is 12.8. The van der Waals surface area contributed by atoms with E-state index >= 15 is 0 Å². The molecule has 1 aliphatic rings. The van der Waals surface area contributed by atoms with Crippen LogP contribution in [0.3, 0.4) is 0 Å². The summed E-state index contributed by atoms with van der Waals surface area (Å²) < 4.78 is 6.89. The highest BCUT2D eigenvalue weighted by atomic mass is 16.7. The zero-order chi connectivity index (χ0) is 16.8. The summed E-state index contributed by atoms with van der Waals surface area (Å²) in [5.74, 6) is -0.264. The summed E-state index contributed by atoms with van der Waals surface area (Å²) in [6.45, 7) is 0. The van der Waals surface area contributed by atoms with Crippen molar-refractivity contribution in [1.29, 1.82) is 0 Å². The van der Waals surface area contributed by atoms with Gasteiger partial charge in [0.2, 0.25) is 0 Å². The van der Waals surface area contributed by atoms with Crippen molar-refractivity contribution in [3.05, 3.63) is 48.4 Å². The third-order valence-corrected chi connectivity index (χ3v) is 4.20. The van der Waals surface area contributed by atoms with Gasteiger partial charge in [-0.05, 0) is 36.4 Å². The number of aliphatic carboxylic acids is 1. The second-order valence-corrected chi connectivity index (χ2v) is 5.56. The molecule has 2 aromatic heterocycles. The van der Waals surface area contributed by atoms with Gasteiger partial charge >= 0.3 is 12.0 Å². The Hall–Kier alpha value is -3.06. The van der Waals surface area contributed by atoms with Gasteiger partial charge in [-0.3, -0.25) is 14.2 Å². The number of rotatable bonds is 4. The maximum atomic E-state index is 12.6. The van der Waals surface area contributed by atoms with E-state index in [2.05, 4.69) is 0 Å². The molecule has 1 aliphatic heterocycles. The van der Waals surface area contributed by atoms with Gasteiger partial charge in [0.25, 0.3) is 0 Å². The quantitative estimate of drug-likeness (QED) is 0.795. The number of carboxylic acid groups (broad SMARTS) is 1. The smallest absolute Gasteiger partial charge is 0.353 e. The van der Waals surface area contributed by atoms with Gasteiger partial charge in [0.05, 0.1) is 31.0 Å². The average Bonchev–Trinajstić information content (AvgIpc) is 3.24. The molecule has 1 atom stereocenters. The number of fused-ring (bicyclic) bond motifs is 3. The van der Waals surface area contributed by atoms with Crippen LogP contribution >= 0.6 is 0 Å². The fourth-order valence-electron chi connectivity index (χ4n) is 3.20. The summed E-state index contributed by atoms with van der Waals surface area (Å²) in [6.07, 6.45) is 1.38. The molecule has 1 amide bonds. The molecular formula is C17H14N2O5. The minimum Gasteiger partial charge on any atom is -0.481 e. The van der Waals surface area contributed by atoms with E-state index in [0.29, 0.717) is 11.2 Å². The third kappa shape index (κ3) is 2.02. The topological polar surface area (TPSA) is 84.9 Å². The summed E-state index contributed by atoms with van der Waals surface area (Å²) >= 11 is 0. The van der Waals surface area contributed by atoms with Gasteiger partial charge in [-0.2, -0.15) is 5.06 Å². The Bertz CT molecular complexity index is 941. The third-order valence-electron chi connectivity index (χ3n) is 4.20. The standard InChI is InChI=1S/C17H14N2O5/c1-23-19-14(9-16(20)21)13-8-11-7-10(15-3-2-6-24-15)4-5-12(11)18(13)17(19)22/h2-8,14H,9H2,1H3,(H,20,21). The molecule has 3 heterocycles. The van der Waals surface area contributed by atoms with Crippen LogP contribution in [0.25, 0.3) is 22.2 Å². The number of amides is 1. The molecule has 1 aromatic carbocycles. The number of carbonyl (C=O) groups excluding carboxylic acids is 1. The number of benzene rings is 1. The minimum absolute atomic E-state index is 0.221. The normalized spacial score (nSPS) is 16.8. The van der Waals surface area contributed by atoms with E-state index in [1.807, 2.05) is 36.4 Å². The first-order valence-electron chi connectivity index (χ1n) is 7.39. The van der Waals surface area contributed by atoms with Gasteiger partial charge < -0.3 is 9.52 Å². The minimum atomic E-state index is -0.996. The number of furan rings is 1. The van der Waals surface area contributed by atoms with Gasteiger partial charge in [0.15, 0.2) is 0 Å². The fraction of sp³-hybridized carbons (Fsp3) is 0.176. The lowest BCUT2D eigenvalue weighted by atomic mass is 10.1. The molecule has 0 spiro atoms. The number of carbonyl (C=O) groups is 2. The molecule has 4 rings (SSSR count). The molecule has 24 heavy (non-hydrogen) atoms. The Morgan fingerprint density at radius 3 is 2.83 bits per heavy atom. The van der Waals surface area contributed by atoms with Crippen LogP contribution in [0, 0.1) is 0 Å². The van der Waals surface area contributed by atoms with Crippen LogP contribution in [0.1, 0.15) is 18.2 Å². The first kappa shape index (κ1) is 14.5. The second kappa shape index (κ2) is 5.24. The molecule has 7 nitrogen and oxygen atoms in total. The first-order valence-corrected chi connectivity index (χ1v) is 7.39. The van der Waals surface area contributed by atoms with Crippen molar-refractivity contribution in [2.75, 3.05) is 7.11 Å². The van der Waals surface area contributed by atoms with E-state index in [1.54, 1.807) is 6.26 Å². The molecule has 1 unspecified atom stereocenters. The van der Waals surface area contributed by atoms with Crippen molar-refractivity contribution in [2.24, 2.45) is 0 Å². The van der Waals surface area contributed by atoms with Gasteiger partial charge in [0.1, 0.15) is 11.8 Å². The first-order chi connectivity index (χ1) is 11.6. The van der Waals surface area contributed by atoms with Gasteiger partial charge in [0, 0.05) is 10.9 Å². The molecule has 3 aromatic rings. The van der Waals surface area contributed by atoms with Crippen molar-refractivity contribution in [2.45, 2.75) is 12.5 Å². The van der Waals surface area contributed by atoms with Crippen molar-refractivity contribution < 1.29 is 24.0 Å². The number of carboxylic acids is 1. The number of hydroxylamine groups is 2. The van der Waals surface area contributed by atoms with E-state index in [-0.39, 0.29) is 12.5 Å². The maximum Gasteiger partial charge on any atom is 0.353 e. The average molecular weight is 326 g/mol. The highest BCUT2D eigenvalue weighted by molar-refractivity contribution is 5.97. The highest BCUT2D eigenvalue weighted by Crippen LogP contribution is 2.38. The van der Waals surface area contributed by atoms with Crippen LogP contribution < -0.4 is 0 Å². The molecule has 7 heteroatoms. The Morgan fingerprint density at radius 1 is 1.33 bits per heavy atom. The molecule has 0 aliphatic carbocycles. The molecular weight excluding hydrogens is 312 g/mol. The number of nitrogens with zero attached hydrogens (tertiary/aromatic N) is 2. The maximum absolute atomic E-state index is 12.6.